The maximum absolute atomic E-state index is 12.1. The fourth-order valence-corrected chi connectivity index (χ4v) is 2.66. The molecule has 1 aromatic carbocycles. The Morgan fingerprint density at radius 1 is 1.05 bits per heavy atom. The fraction of sp³-hybridized carbons (Fsp3) is 0.200. The first kappa shape index (κ1) is 14.3. The molecule has 0 bridgehead atoms. The number of nitrogens with one attached hydrogen (secondary N) is 2. The third-order valence-electron chi connectivity index (χ3n) is 2.74. The quantitative estimate of drug-likeness (QED) is 0.829. The summed E-state index contributed by atoms with van der Waals surface area (Å²) in [4.78, 5) is 23.6. The zero-order valence-electron chi connectivity index (χ0n) is 11.2. The normalized spacial score (nSPS) is 10.1. The molecule has 0 aliphatic rings. The van der Waals surface area contributed by atoms with Crippen molar-refractivity contribution >= 4 is 23.2 Å². The lowest BCUT2D eigenvalue weighted by Crippen LogP contribution is -2.33. The van der Waals surface area contributed by atoms with Gasteiger partial charge in [0.1, 0.15) is 0 Å². The van der Waals surface area contributed by atoms with E-state index in [1.165, 1.54) is 18.3 Å². The fourth-order valence-electron chi connectivity index (χ4n) is 1.82. The highest BCUT2D eigenvalue weighted by Crippen LogP contribution is 2.27. The Kier molecular flexibility index (Phi) is 4.90. The number of rotatable bonds is 5. The summed E-state index contributed by atoms with van der Waals surface area (Å²) >= 11 is 1.42. The van der Waals surface area contributed by atoms with Gasteiger partial charge in [0.15, 0.2) is 0 Å². The molecule has 0 aliphatic carbocycles. The van der Waals surface area contributed by atoms with Crippen LogP contribution in [-0.2, 0) is 4.79 Å². The summed E-state index contributed by atoms with van der Waals surface area (Å²) in [7, 11) is 0. The SMILES string of the molecule is CC(=O)NCCNC(=O)c1sccc1-c1ccccc1. The Labute approximate surface area is 121 Å². The van der Waals surface area contributed by atoms with Crippen LogP contribution in [0, 0.1) is 0 Å². The average molecular weight is 288 g/mol. The molecule has 1 heterocycles. The van der Waals surface area contributed by atoms with Crippen LogP contribution in [0.1, 0.15) is 16.6 Å². The third kappa shape index (κ3) is 3.68. The zero-order valence-corrected chi connectivity index (χ0v) is 12.0. The second kappa shape index (κ2) is 6.86. The molecule has 0 aliphatic heterocycles. The van der Waals surface area contributed by atoms with Gasteiger partial charge >= 0.3 is 0 Å². The molecule has 5 heteroatoms. The van der Waals surface area contributed by atoms with Gasteiger partial charge in [0.25, 0.3) is 5.91 Å². The molecule has 0 atom stereocenters. The van der Waals surface area contributed by atoms with Crippen LogP contribution in [0.5, 0.6) is 0 Å². The van der Waals surface area contributed by atoms with Crippen molar-refractivity contribution in [2.75, 3.05) is 13.1 Å². The molecule has 4 nitrogen and oxygen atoms in total. The molecule has 20 heavy (non-hydrogen) atoms. The van der Waals surface area contributed by atoms with E-state index >= 15 is 0 Å². The van der Waals surface area contributed by atoms with Crippen LogP contribution in [0.25, 0.3) is 11.1 Å². The van der Waals surface area contributed by atoms with E-state index in [0.717, 1.165) is 11.1 Å². The lowest BCUT2D eigenvalue weighted by molar-refractivity contribution is -0.118. The summed E-state index contributed by atoms with van der Waals surface area (Å²) in [5, 5.41) is 7.36. The maximum Gasteiger partial charge on any atom is 0.262 e. The van der Waals surface area contributed by atoms with Gasteiger partial charge in [-0.25, -0.2) is 0 Å². The van der Waals surface area contributed by atoms with Crippen molar-refractivity contribution in [2.24, 2.45) is 0 Å². The number of carbonyl (C=O) groups excluding carboxylic acids is 2. The molecular weight excluding hydrogens is 272 g/mol. The highest BCUT2D eigenvalue weighted by molar-refractivity contribution is 7.12. The number of carbonyl (C=O) groups is 2. The molecule has 0 saturated carbocycles. The topological polar surface area (TPSA) is 58.2 Å². The Hall–Kier alpha value is -2.14. The largest absolute Gasteiger partial charge is 0.355 e. The van der Waals surface area contributed by atoms with Crippen LogP contribution in [0.2, 0.25) is 0 Å². The van der Waals surface area contributed by atoms with Gasteiger partial charge < -0.3 is 10.6 Å². The van der Waals surface area contributed by atoms with Gasteiger partial charge in [0.2, 0.25) is 5.91 Å². The minimum Gasteiger partial charge on any atom is -0.355 e. The van der Waals surface area contributed by atoms with Crippen molar-refractivity contribution in [3.63, 3.8) is 0 Å². The van der Waals surface area contributed by atoms with Crippen molar-refractivity contribution < 1.29 is 9.59 Å². The Balaban J connectivity index is 2.01. The van der Waals surface area contributed by atoms with E-state index in [0.29, 0.717) is 18.0 Å². The number of hydrogen-bond donors (Lipinski definition) is 2. The van der Waals surface area contributed by atoms with Crippen molar-refractivity contribution in [3.05, 3.63) is 46.7 Å². The molecule has 0 radical (unpaired) electrons. The molecule has 0 fully saturated rings. The molecule has 1 aromatic heterocycles. The Bertz CT molecular complexity index is 593. The summed E-state index contributed by atoms with van der Waals surface area (Å²) in [5.41, 5.74) is 1.97. The summed E-state index contributed by atoms with van der Waals surface area (Å²) in [6, 6.07) is 11.8. The van der Waals surface area contributed by atoms with Gasteiger partial charge in [-0.05, 0) is 17.0 Å². The molecule has 0 spiro atoms. The molecular formula is C15H16N2O2S. The predicted molar refractivity (Wildman–Crippen MR) is 80.8 cm³/mol. The van der Waals surface area contributed by atoms with E-state index in [1.54, 1.807) is 0 Å². The number of amides is 2. The predicted octanol–water partition coefficient (Wildman–Crippen LogP) is 2.28. The molecule has 2 amide bonds. The van der Waals surface area contributed by atoms with Gasteiger partial charge in [-0.2, -0.15) is 0 Å². The minimum atomic E-state index is -0.107. The van der Waals surface area contributed by atoms with Gasteiger partial charge in [0.05, 0.1) is 4.88 Å². The van der Waals surface area contributed by atoms with Crippen LogP contribution < -0.4 is 10.6 Å². The van der Waals surface area contributed by atoms with E-state index in [1.807, 2.05) is 41.8 Å². The number of benzene rings is 1. The van der Waals surface area contributed by atoms with Crippen molar-refractivity contribution in [3.8, 4) is 11.1 Å². The smallest absolute Gasteiger partial charge is 0.262 e. The van der Waals surface area contributed by atoms with Crippen LogP contribution >= 0.6 is 11.3 Å². The first-order valence-electron chi connectivity index (χ1n) is 6.34. The van der Waals surface area contributed by atoms with Crippen molar-refractivity contribution in [1.29, 1.82) is 0 Å². The van der Waals surface area contributed by atoms with Crippen molar-refractivity contribution in [2.45, 2.75) is 6.92 Å². The zero-order chi connectivity index (χ0) is 14.4. The monoisotopic (exact) mass is 288 g/mol. The van der Waals surface area contributed by atoms with Gasteiger partial charge in [-0.15, -0.1) is 11.3 Å². The van der Waals surface area contributed by atoms with Gasteiger partial charge in [0, 0.05) is 25.6 Å². The van der Waals surface area contributed by atoms with E-state index in [9.17, 15) is 9.59 Å². The van der Waals surface area contributed by atoms with Crippen LogP contribution in [0.4, 0.5) is 0 Å². The summed E-state index contributed by atoms with van der Waals surface area (Å²) in [6.45, 7) is 2.31. The van der Waals surface area contributed by atoms with Crippen LogP contribution in [0.3, 0.4) is 0 Å². The average Bonchev–Trinajstić information content (AvgIpc) is 2.93. The molecule has 104 valence electrons. The first-order chi connectivity index (χ1) is 9.68. The Morgan fingerprint density at radius 3 is 2.45 bits per heavy atom. The minimum absolute atomic E-state index is 0.0969. The van der Waals surface area contributed by atoms with E-state index < -0.39 is 0 Å². The van der Waals surface area contributed by atoms with Crippen LogP contribution in [-0.4, -0.2) is 24.9 Å². The molecule has 2 aromatic rings. The van der Waals surface area contributed by atoms with Crippen LogP contribution in [0.15, 0.2) is 41.8 Å². The lowest BCUT2D eigenvalue weighted by Gasteiger charge is -2.06. The second-order valence-corrected chi connectivity index (χ2v) is 5.18. The summed E-state index contributed by atoms with van der Waals surface area (Å²) in [5.74, 6) is -0.204. The lowest BCUT2D eigenvalue weighted by atomic mass is 10.1. The summed E-state index contributed by atoms with van der Waals surface area (Å²) < 4.78 is 0. The molecule has 2 N–H and O–H groups in total. The van der Waals surface area contributed by atoms with E-state index in [4.69, 9.17) is 0 Å². The Morgan fingerprint density at radius 2 is 1.75 bits per heavy atom. The highest BCUT2D eigenvalue weighted by atomic mass is 32.1. The standard InChI is InChI=1S/C15H16N2O2S/c1-11(18)16-8-9-17-15(19)14-13(7-10-20-14)12-5-3-2-4-6-12/h2-7,10H,8-9H2,1H3,(H,16,18)(H,17,19). The van der Waals surface area contributed by atoms with Gasteiger partial charge in [-0.1, -0.05) is 30.3 Å². The van der Waals surface area contributed by atoms with E-state index in [-0.39, 0.29) is 11.8 Å². The number of hydrogen-bond acceptors (Lipinski definition) is 3. The van der Waals surface area contributed by atoms with Gasteiger partial charge in [-0.3, -0.25) is 9.59 Å². The molecule has 0 saturated heterocycles. The second-order valence-electron chi connectivity index (χ2n) is 4.27. The number of thiophene rings is 1. The van der Waals surface area contributed by atoms with Crippen molar-refractivity contribution in [1.82, 2.24) is 10.6 Å². The highest BCUT2D eigenvalue weighted by Gasteiger charge is 2.13. The first-order valence-corrected chi connectivity index (χ1v) is 7.22. The molecule has 0 unspecified atom stereocenters. The van der Waals surface area contributed by atoms with E-state index in [2.05, 4.69) is 10.6 Å². The maximum atomic E-state index is 12.1. The molecule has 2 rings (SSSR count). The third-order valence-corrected chi connectivity index (χ3v) is 3.65. The summed E-state index contributed by atoms with van der Waals surface area (Å²) in [6.07, 6.45) is 0.